The maximum absolute atomic E-state index is 12.4. The molecule has 1 aliphatic rings. The zero-order valence-corrected chi connectivity index (χ0v) is 14.9. The van der Waals surface area contributed by atoms with Gasteiger partial charge in [0.25, 0.3) is 11.8 Å². The van der Waals surface area contributed by atoms with E-state index in [0.717, 1.165) is 6.42 Å². The Labute approximate surface area is 147 Å². The lowest BCUT2D eigenvalue weighted by atomic mass is 10.1. The summed E-state index contributed by atoms with van der Waals surface area (Å²) in [4.78, 5) is 37.8. The molecular weight excluding hydrogens is 322 g/mol. The van der Waals surface area contributed by atoms with Crippen molar-refractivity contribution < 1.29 is 19.1 Å². The van der Waals surface area contributed by atoms with Crippen molar-refractivity contribution >= 4 is 23.5 Å². The quantitative estimate of drug-likeness (QED) is 0.559. The van der Waals surface area contributed by atoms with Crippen LogP contribution in [0.15, 0.2) is 18.2 Å². The Balaban J connectivity index is 2.00. The third kappa shape index (κ3) is 4.79. The van der Waals surface area contributed by atoms with Crippen LogP contribution in [-0.4, -0.2) is 49.6 Å². The second-order valence-corrected chi connectivity index (χ2v) is 6.43. The number of fused-ring (bicyclic) bond motifs is 1. The minimum absolute atomic E-state index is 0.302. The van der Waals surface area contributed by atoms with E-state index in [-0.39, 0.29) is 17.8 Å². The van der Waals surface area contributed by atoms with Crippen molar-refractivity contribution in [1.29, 1.82) is 0 Å². The van der Waals surface area contributed by atoms with Crippen molar-refractivity contribution in [3.63, 3.8) is 0 Å². The Kier molecular flexibility index (Phi) is 6.52. The van der Waals surface area contributed by atoms with Gasteiger partial charge in [-0.25, -0.2) is 4.79 Å². The molecule has 2 N–H and O–H groups in total. The molecule has 25 heavy (non-hydrogen) atoms. The molecule has 1 aliphatic heterocycles. The van der Waals surface area contributed by atoms with E-state index in [1.165, 1.54) is 4.90 Å². The van der Waals surface area contributed by atoms with Crippen molar-refractivity contribution in [1.82, 2.24) is 10.2 Å². The van der Waals surface area contributed by atoms with Gasteiger partial charge < -0.3 is 15.4 Å². The average molecular weight is 347 g/mol. The first kappa shape index (κ1) is 18.9. The molecule has 0 bridgehead atoms. The monoisotopic (exact) mass is 347 g/mol. The summed E-state index contributed by atoms with van der Waals surface area (Å²) in [6.07, 6.45) is 1.48. The van der Waals surface area contributed by atoms with Crippen LogP contribution in [0.5, 0.6) is 0 Å². The average Bonchev–Trinajstić information content (AvgIpc) is 2.79. The third-order valence-corrected chi connectivity index (χ3v) is 3.97. The van der Waals surface area contributed by atoms with Gasteiger partial charge in [-0.1, -0.05) is 13.8 Å². The van der Waals surface area contributed by atoms with E-state index in [1.54, 1.807) is 25.3 Å². The number of methoxy groups -OCH3 is 1. The van der Waals surface area contributed by atoms with Gasteiger partial charge in [-0.3, -0.25) is 14.5 Å². The van der Waals surface area contributed by atoms with E-state index in [9.17, 15) is 14.4 Å². The topological polar surface area (TPSA) is 87.7 Å². The smallest absolute Gasteiger partial charge is 0.319 e. The van der Waals surface area contributed by atoms with Gasteiger partial charge in [0.05, 0.1) is 11.1 Å². The minimum atomic E-state index is -0.333. The molecule has 7 heteroatoms. The second-order valence-electron chi connectivity index (χ2n) is 6.43. The van der Waals surface area contributed by atoms with Crippen LogP contribution in [-0.2, 0) is 4.74 Å². The molecular formula is C18H25N3O4. The van der Waals surface area contributed by atoms with Crippen molar-refractivity contribution in [3.05, 3.63) is 29.3 Å². The molecule has 136 valence electrons. The van der Waals surface area contributed by atoms with Crippen LogP contribution in [0.25, 0.3) is 0 Å². The Morgan fingerprint density at radius 1 is 1.20 bits per heavy atom. The zero-order valence-electron chi connectivity index (χ0n) is 14.9. The fraction of sp³-hybridized carbons (Fsp3) is 0.500. The number of ether oxygens (including phenoxy) is 1. The molecule has 2 rings (SSSR count). The van der Waals surface area contributed by atoms with E-state index in [1.807, 2.05) is 0 Å². The molecule has 0 spiro atoms. The summed E-state index contributed by atoms with van der Waals surface area (Å²) < 4.78 is 4.96. The lowest BCUT2D eigenvalue weighted by Crippen LogP contribution is -2.31. The molecule has 0 aromatic heterocycles. The predicted octanol–water partition coefficient (Wildman–Crippen LogP) is 2.49. The summed E-state index contributed by atoms with van der Waals surface area (Å²) in [5, 5.41) is 5.46. The molecule has 4 amide bonds. The molecule has 7 nitrogen and oxygen atoms in total. The van der Waals surface area contributed by atoms with Crippen LogP contribution in [0.4, 0.5) is 10.5 Å². The lowest BCUT2D eigenvalue weighted by Gasteiger charge is -2.12. The number of nitrogens with zero attached hydrogens (tertiary/aromatic N) is 1. The van der Waals surface area contributed by atoms with Gasteiger partial charge in [0.15, 0.2) is 0 Å². The van der Waals surface area contributed by atoms with Gasteiger partial charge in [0.2, 0.25) is 0 Å². The highest BCUT2D eigenvalue weighted by Gasteiger charge is 2.35. The molecule has 0 unspecified atom stereocenters. The van der Waals surface area contributed by atoms with Crippen molar-refractivity contribution in [2.75, 3.05) is 32.1 Å². The summed E-state index contributed by atoms with van der Waals surface area (Å²) >= 11 is 0. The van der Waals surface area contributed by atoms with Gasteiger partial charge in [0, 0.05) is 32.5 Å². The number of rotatable bonds is 8. The number of amides is 4. The van der Waals surface area contributed by atoms with E-state index in [4.69, 9.17) is 4.74 Å². The number of carbonyl (C=O) groups is 3. The molecule has 0 saturated carbocycles. The molecule has 1 aromatic carbocycles. The summed E-state index contributed by atoms with van der Waals surface area (Å²) in [5.41, 5.74) is 1.18. The van der Waals surface area contributed by atoms with E-state index >= 15 is 0 Å². The summed E-state index contributed by atoms with van der Waals surface area (Å²) in [5.74, 6) is -0.128. The maximum Gasteiger partial charge on any atom is 0.319 e. The van der Waals surface area contributed by atoms with Crippen LogP contribution in [0.1, 0.15) is 47.4 Å². The van der Waals surface area contributed by atoms with Crippen molar-refractivity contribution in [2.45, 2.75) is 26.7 Å². The van der Waals surface area contributed by atoms with Gasteiger partial charge in [0.1, 0.15) is 0 Å². The number of nitrogens with one attached hydrogen (secondary N) is 2. The minimum Gasteiger partial charge on any atom is -0.385 e. The number of benzene rings is 1. The first-order valence-corrected chi connectivity index (χ1v) is 8.48. The maximum atomic E-state index is 12.4. The van der Waals surface area contributed by atoms with Crippen LogP contribution in [0.3, 0.4) is 0 Å². The van der Waals surface area contributed by atoms with Crippen LogP contribution >= 0.6 is 0 Å². The normalized spacial score (nSPS) is 13.4. The van der Waals surface area contributed by atoms with Crippen molar-refractivity contribution in [3.8, 4) is 0 Å². The van der Waals surface area contributed by atoms with E-state index in [0.29, 0.717) is 48.8 Å². The molecule has 0 fully saturated rings. The highest BCUT2D eigenvalue weighted by atomic mass is 16.5. The highest BCUT2D eigenvalue weighted by molar-refractivity contribution is 6.21. The standard InChI is InChI=1S/C18H25N3O4/c1-12(2)7-8-19-18(24)20-13-5-6-14-15(11-13)17(23)21(16(14)22)9-4-10-25-3/h5-6,11-12H,4,7-10H2,1-3H3,(H2,19,20,24). The molecule has 0 aliphatic carbocycles. The zero-order chi connectivity index (χ0) is 18.4. The van der Waals surface area contributed by atoms with Crippen LogP contribution in [0, 0.1) is 5.92 Å². The molecule has 0 radical (unpaired) electrons. The predicted molar refractivity (Wildman–Crippen MR) is 94.8 cm³/mol. The fourth-order valence-corrected chi connectivity index (χ4v) is 2.59. The molecule has 0 saturated heterocycles. The summed E-state index contributed by atoms with van der Waals surface area (Å²) in [6.45, 7) is 5.55. The van der Waals surface area contributed by atoms with Crippen molar-refractivity contribution in [2.24, 2.45) is 5.92 Å². The fourth-order valence-electron chi connectivity index (χ4n) is 2.59. The third-order valence-electron chi connectivity index (χ3n) is 3.97. The molecule has 0 atom stereocenters. The Hall–Kier alpha value is -2.41. The first-order valence-electron chi connectivity index (χ1n) is 8.48. The van der Waals surface area contributed by atoms with Gasteiger partial charge in [-0.05, 0) is 37.0 Å². The van der Waals surface area contributed by atoms with E-state index in [2.05, 4.69) is 24.5 Å². The number of hydrogen-bond donors (Lipinski definition) is 2. The number of hydrogen-bond acceptors (Lipinski definition) is 4. The van der Waals surface area contributed by atoms with Gasteiger partial charge in [-0.2, -0.15) is 0 Å². The van der Waals surface area contributed by atoms with Gasteiger partial charge >= 0.3 is 6.03 Å². The SMILES string of the molecule is COCCCN1C(=O)c2ccc(NC(=O)NCCC(C)C)cc2C1=O. The first-order chi connectivity index (χ1) is 11.9. The lowest BCUT2D eigenvalue weighted by molar-refractivity contribution is 0.0638. The largest absolute Gasteiger partial charge is 0.385 e. The molecule has 1 heterocycles. The Morgan fingerprint density at radius 3 is 2.60 bits per heavy atom. The second kappa shape index (κ2) is 8.62. The Bertz CT molecular complexity index is 658. The number of urea groups is 1. The van der Waals surface area contributed by atoms with E-state index < -0.39 is 0 Å². The summed E-state index contributed by atoms with van der Waals surface area (Å²) in [6, 6.07) is 4.43. The highest BCUT2D eigenvalue weighted by Crippen LogP contribution is 2.26. The molecule has 1 aromatic rings. The van der Waals surface area contributed by atoms with Crippen LogP contribution in [0.2, 0.25) is 0 Å². The summed E-state index contributed by atoms with van der Waals surface area (Å²) in [7, 11) is 1.58. The number of imide groups is 1. The van der Waals surface area contributed by atoms with Crippen LogP contribution < -0.4 is 10.6 Å². The number of carbonyl (C=O) groups excluding carboxylic acids is 3. The Morgan fingerprint density at radius 2 is 1.92 bits per heavy atom. The number of anilines is 1. The van der Waals surface area contributed by atoms with Gasteiger partial charge in [-0.15, -0.1) is 0 Å².